The summed E-state index contributed by atoms with van der Waals surface area (Å²) >= 11 is 6.07. The number of urea groups is 1. The van der Waals surface area contributed by atoms with Gasteiger partial charge in [0.2, 0.25) is 0 Å². The zero-order valence-corrected chi connectivity index (χ0v) is 13.0. The largest absolute Gasteiger partial charge is 0.493 e. The first-order valence-electron chi connectivity index (χ1n) is 6.82. The van der Waals surface area contributed by atoms with Crippen LogP contribution in [0.3, 0.4) is 0 Å². The van der Waals surface area contributed by atoms with Crippen molar-refractivity contribution in [3.63, 3.8) is 0 Å². The van der Waals surface area contributed by atoms with Crippen LogP contribution in [0.25, 0.3) is 0 Å². The van der Waals surface area contributed by atoms with Crippen LogP contribution in [0.1, 0.15) is 5.56 Å². The number of nitrogens with zero attached hydrogens (tertiary/aromatic N) is 1. The van der Waals surface area contributed by atoms with E-state index < -0.39 is 0 Å². The number of methoxy groups -OCH3 is 1. The Kier molecular flexibility index (Phi) is 5.52. The summed E-state index contributed by atoms with van der Waals surface area (Å²) in [5.74, 6) is 1.26. The molecule has 2 rings (SSSR count). The highest BCUT2D eigenvalue weighted by Crippen LogP contribution is 2.34. The van der Waals surface area contributed by atoms with Gasteiger partial charge in [-0.25, -0.2) is 4.79 Å². The Morgan fingerprint density at radius 3 is 2.90 bits per heavy atom. The molecule has 1 heterocycles. The van der Waals surface area contributed by atoms with Crippen LogP contribution in [0.2, 0.25) is 5.02 Å². The lowest BCUT2D eigenvalue weighted by Crippen LogP contribution is -2.32. The van der Waals surface area contributed by atoms with E-state index in [1.807, 2.05) is 13.1 Å². The average molecular weight is 314 g/mol. The van der Waals surface area contributed by atoms with Gasteiger partial charge in [-0.1, -0.05) is 11.6 Å². The van der Waals surface area contributed by atoms with E-state index in [4.69, 9.17) is 21.1 Å². The molecule has 1 saturated heterocycles. The lowest BCUT2D eigenvalue weighted by Gasteiger charge is -2.18. The van der Waals surface area contributed by atoms with Crippen molar-refractivity contribution in [3.05, 3.63) is 22.7 Å². The van der Waals surface area contributed by atoms with Gasteiger partial charge >= 0.3 is 6.03 Å². The molecule has 0 bridgehead atoms. The van der Waals surface area contributed by atoms with Gasteiger partial charge in [0.05, 0.1) is 13.7 Å². The first-order chi connectivity index (χ1) is 10.2. The fourth-order valence-electron chi connectivity index (χ4n) is 2.24. The second-order valence-corrected chi connectivity index (χ2v) is 5.13. The van der Waals surface area contributed by atoms with Crippen LogP contribution in [0, 0.1) is 0 Å². The molecule has 0 atom stereocenters. The van der Waals surface area contributed by atoms with Gasteiger partial charge < -0.3 is 25.0 Å². The van der Waals surface area contributed by atoms with Gasteiger partial charge in [-0.05, 0) is 13.1 Å². The van der Waals surface area contributed by atoms with Gasteiger partial charge in [-0.3, -0.25) is 0 Å². The van der Waals surface area contributed by atoms with E-state index in [1.165, 1.54) is 0 Å². The lowest BCUT2D eigenvalue weighted by atomic mass is 10.2. The highest BCUT2D eigenvalue weighted by molar-refractivity contribution is 6.30. The van der Waals surface area contributed by atoms with Crippen LogP contribution in [0.4, 0.5) is 4.79 Å². The first-order valence-corrected chi connectivity index (χ1v) is 7.20. The molecule has 116 valence electrons. The third-order valence-electron chi connectivity index (χ3n) is 3.24. The van der Waals surface area contributed by atoms with E-state index in [2.05, 4.69) is 10.6 Å². The predicted octanol–water partition coefficient (Wildman–Crippen LogP) is 1.47. The van der Waals surface area contributed by atoms with Crippen molar-refractivity contribution in [2.24, 2.45) is 0 Å². The molecule has 21 heavy (non-hydrogen) atoms. The number of amides is 2. The summed E-state index contributed by atoms with van der Waals surface area (Å²) in [6.45, 7) is 2.96. The molecule has 1 aliphatic rings. The summed E-state index contributed by atoms with van der Waals surface area (Å²) in [5, 5.41) is 6.43. The molecule has 0 spiro atoms. The maximum atomic E-state index is 11.5. The smallest absolute Gasteiger partial charge is 0.317 e. The zero-order valence-electron chi connectivity index (χ0n) is 12.2. The molecular formula is C14H20ClN3O3. The number of nitrogens with one attached hydrogen (secondary N) is 2. The Morgan fingerprint density at radius 1 is 1.48 bits per heavy atom. The minimum Gasteiger partial charge on any atom is -0.493 e. The minimum absolute atomic E-state index is 0.0443. The average Bonchev–Trinajstić information content (AvgIpc) is 2.86. The lowest BCUT2D eigenvalue weighted by molar-refractivity contribution is 0.200. The summed E-state index contributed by atoms with van der Waals surface area (Å²) in [5.41, 5.74) is 0.924. The molecule has 0 saturated carbocycles. The number of hydrogen-bond acceptors (Lipinski definition) is 4. The van der Waals surface area contributed by atoms with Gasteiger partial charge in [-0.2, -0.15) is 0 Å². The van der Waals surface area contributed by atoms with Gasteiger partial charge in [0, 0.05) is 36.3 Å². The summed E-state index contributed by atoms with van der Waals surface area (Å²) in [4.78, 5) is 13.2. The van der Waals surface area contributed by atoms with Crippen molar-refractivity contribution in [1.29, 1.82) is 0 Å². The first kappa shape index (κ1) is 15.7. The van der Waals surface area contributed by atoms with E-state index in [9.17, 15) is 4.79 Å². The number of rotatable bonds is 7. The Balaban J connectivity index is 2.04. The summed E-state index contributed by atoms with van der Waals surface area (Å²) in [6.07, 6.45) is 0. The normalized spacial score (nSPS) is 14.2. The molecule has 0 radical (unpaired) electrons. The van der Waals surface area contributed by atoms with E-state index in [0.29, 0.717) is 49.3 Å². The highest BCUT2D eigenvalue weighted by atomic mass is 35.5. The molecule has 2 amide bonds. The molecule has 0 unspecified atom stereocenters. The number of halogens is 1. The standard InChI is InChI=1S/C14H20ClN3O3/c1-16-9-10-7-11(15)8-12(20-2)13(10)21-6-5-18-4-3-17-14(18)19/h7-8,16H,3-6,9H2,1-2H3,(H,17,19). The van der Waals surface area contributed by atoms with Gasteiger partial charge in [0.25, 0.3) is 0 Å². The van der Waals surface area contributed by atoms with Crippen molar-refractivity contribution in [2.75, 3.05) is 40.4 Å². The van der Waals surface area contributed by atoms with Crippen LogP contribution >= 0.6 is 11.6 Å². The van der Waals surface area contributed by atoms with E-state index in [0.717, 1.165) is 5.56 Å². The second kappa shape index (κ2) is 7.38. The molecular weight excluding hydrogens is 294 g/mol. The number of benzene rings is 1. The fraction of sp³-hybridized carbons (Fsp3) is 0.500. The van der Waals surface area contributed by atoms with Crippen LogP contribution in [-0.2, 0) is 6.54 Å². The Bertz CT molecular complexity index is 510. The minimum atomic E-state index is -0.0443. The SMILES string of the molecule is CNCc1cc(Cl)cc(OC)c1OCCN1CCNC1=O. The summed E-state index contributed by atoms with van der Waals surface area (Å²) < 4.78 is 11.2. The van der Waals surface area contributed by atoms with Crippen molar-refractivity contribution < 1.29 is 14.3 Å². The molecule has 1 fully saturated rings. The number of hydrogen-bond donors (Lipinski definition) is 2. The van der Waals surface area contributed by atoms with Crippen molar-refractivity contribution in [2.45, 2.75) is 6.54 Å². The molecule has 1 aromatic rings. The highest BCUT2D eigenvalue weighted by Gasteiger charge is 2.19. The molecule has 0 aliphatic carbocycles. The second-order valence-electron chi connectivity index (χ2n) is 4.69. The van der Waals surface area contributed by atoms with Crippen LogP contribution < -0.4 is 20.1 Å². The molecule has 7 heteroatoms. The number of ether oxygens (including phenoxy) is 2. The maximum Gasteiger partial charge on any atom is 0.317 e. The predicted molar refractivity (Wildman–Crippen MR) is 81.2 cm³/mol. The quantitative estimate of drug-likeness (QED) is 0.800. The van der Waals surface area contributed by atoms with Crippen LogP contribution in [-0.4, -0.2) is 51.3 Å². The summed E-state index contributed by atoms with van der Waals surface area (Å²) in [7, 11) is 3.43. The monoisotopic (exact) mass is 313 g/mol. The molecule has 1 aromatic carbocycles. The van der Waals surface area contributed by atoms with Gasteiger partial charge in [0.1, 0.15) is 6.61 Å². The molecule has 2 N–H and O–H groups in total. The van der Waals surface area contributed by atoms with Crippen molar-refractivity contribution in [3.8, 4) is 11.5 Å². The number of carbonyl (C=O) groups is 1. The Labute approximate surface area is 129 Å². The Hall–Kier alpha value is -1.66. The maximum absolute atomic E-state index is 11.5. The topological polar surface area (TPSA) is 62.8 Å². The molecule has 6 nitrogen and oxygen atoms in total. The van der Waals surface area contributed by atoms with E-state index in [1.54, 1.807) is 18.1 Å². The van der Waals surface area contributed by atoms with Crippen molar-refractivity contribution in [1.82, 2.24) is 15.5 Å². The van der Waals surface area contributed by atoms with Crippen LogP contribution in [0.15, 0.2) is 12.1 Å². The fourth-order valence-corrected chi connectivity index (χ4v) is 2.47. The van der Waals surface area contributed by atoms with E-state index >= 15 is 0 Å². The van der Waals surface area contributed by atoms with Crippen LogP contribution in [0.5, 0.6) is 11.5 Å². The third kappa shape index (κ3) is 3.92. The zero-order chi connectivity index (χ0) is 15.2. The molecule has 1 aliphatic heterocycles. The third-order valence-corrected chi connectivity index (χ3v) is 3.45. The summed E-state index contributed by atoms with van der Waals surface area (Å²) in [6, 6.07) is 3.52. The van der Waals surface area contributed by atoms with Crippen molar-refractivity contribution >= 4 is 17.6 Å². The van der Waals surface area contributed by atoms with Gasteiger partial charge in [-0.15, -0.1) is 0 Å². The Morgan fingerprint density at radius 2 is 2.29 bits per heavy atom. The number of carbonyl (C=O) groups excluding carboxylic acids is 1. The van der Waals surface area contributed by atoms with E-state index in [-0.39, 0.29) is 6.03 Å². The molecule has 0 aromatic heterocycles. The van der Waals surface area contributed by atoms with Gasteiger partial charge in [0.15, 0.2) is 11.5 Å².